The number of nitrogens with one attached hydrogen (secondary N) is 1. The maximum Gasteiger partial charge on any atom is 0.251 e. The Kier molecular flexibility index (Phi) is 3.95. The average Bonchev–Trinajstić information content (AvgIpc) is 2.40. The van der Waals surface area contributed by atoms with Crippen LogP contribution in [-0.4, -0.2) is 10.9 Å². The van der Waals surface area contributed by atoms with Crippen molar-refractivity contribution in [1.82, 2.24) is 10.3 Å². The van der Waals surface area contributed by atoms with Crippen LogP contribution in [-0.2, 0) is 0 Å². The molecule has 0 aliphatic rings. The van der Waals surface area contributed by atoms with Crippen LogP contribution in [0.4, 0.5) is 0 Å². The van der Waals surface area contributed by atoms with Crippen LogP contribution >= 0.6 is 11.6 Å². The highest BCUT2D eigenvalue weighted by Gasteiger charge is 2.13. The first-order chi connectivity index (χ1) is 8.68. The summed E-state index contributed by atoms with van der Waals surface area (Å²) in [6.07, 6.45) is 3.18. The van der Waals surface area contributed by atoms with E-state index >= 15 is 0 Å². The van der Waals surface area contributed by atoms with Crippen molar-refractivity contribution in [3.05, 3.63) is 64.9 Å². The lowest BCUT2D eigenvalue weighted by Crippen LogP contribution is -2.26. The van der Waals surface area contributed by atoms with Crippen molar-refractivity contribution < 1.29 is 4.79 Å². The number of hydrogen-bond donors (Lipinski definition) is 1. The molecule has 0 fully saturated rings. The van der Waals surface area contributed by atoms with Gasteiger partial charge in [-0.15, -0.1) is 0 Å². The van der Waals surface area contributed by atoms with Gasteiger partial charge in [-0.3, -0.25) is 9.78 Å². The molecule has 2 aromatic rings. The standard InChI is InChI=1S/C14H13ClN2O/c1-10(12-4-2-3-5-13(12)15)17-14(18)11-6-8-16-9-7-11/h2-10H,1H3,(H,17,18)/t10-/m1/s1. The molecular formula is C14H13ClN2O. The van der Waals surface area contributed by atoms with E-state index in [0.717, 1.165) is 5.56 Å². The minimum Gasteiger partial charge on any atom is -0.345 e. The number of rotatable bonds is 3. The minimum absolute atomic E-state index is 0.134. The van der Waals surface area contributed by atoms with Crippen molar-refractivity contribution in [2.24, 2.45) is 0 Å². The van der Waals surface area contributed by atoms with Crippen LogP contribution in [0.25, 0.3) is 0 Å². The van der Waals surface area contributed by atoms with Gasteiger partial charge in [-0.05, 0) is 30.7 Å². The van der Waals surface area contributed by atoms with E-state index in [-0.39, 0.29) is 11.9 Å². The van der Waals surface area contributed by atoms with Gasteiger partial charge in [0, 0.05) is 23.0 Å². The van der Waals surface area contributed by atoms with Crippen molar-refractivity contribution >= 4 is 17.5 Å². The summed E-state index contributed by atoms with van der Waals surface area (Å²) in [5.41, 5.74) is 1.49. The molecule has 92 valence electrons. The van der Waals surface area contributed by atoms with E-state index in [1.165, 1.54) is 0 Å². The second kappa shape index (κ2) is 5.65. The normalized spacial score (nSPS) is 11.9. The summed E-state index contributed by atoms with van der Waals surface area (Å²) in [7, 11) is 0. The van der Waals surface area contributed by atoms with Crippen LogP contribution in [0, 0.1) is 0 Å². The quantitative estimate of drug-likeness (QED) is 0.921. The van der Waals surface area contributed by atoms with Gasteiger partial charge < -0.3 is 5.32 Å². The summed E-state index contributed by atoms with van der Waals surface area (Å²) in [5.74, 6) is -0.134. The Hall–Kier alpha value is -1.87. The molecule has 1 N–H and O–H groups in total. The third-order valence-electron chi connectivity index (χ3n) is 2.66. The van der Waals surface area contributed by atoms with E-state index in [9.17, 15) is 4.79 Å². The number of halogens is 1. The number of carbonyl (C=O) groups excluding carboxylic acids is 1. The smallest absolute Gasteiger partial charge is 0.251 e. The van der Waals surface area contributed by atoms with Gasteiger partial charge in [0.2, 0.25) is 0 Å². The molecule has 1 aromatic carbocycles. The molecule has 1 atom stereocenters. The van der Waals surface area contributed by atoms with Crippen LogP contribution in [0.1, 0.15) is 28.9 Å². The highest BCUT2D eigenvalue weighted by molar-refractivity contribution is 6.31. The second-order valence-corrected chi connectivity index (χ2v) is 4.36. The highest BCUT2D eigenvalue weighted by atomic mass is 35.5. The number of hydrogen-bond acceptors (Lipinski definition) is 2. The predicted molar refractivity (Wildman–Crippen MR) is 71.6 cm³/mol. The maximum atomic E-state index is 12.0. The van der Waals surface area contributed by atoms with E-state index in [1.807, 2.05) is 31.2 Å². The van der Waals surface area contributed by atoms with E-state index in [4.69, 9.17) is 11.6 Å². The van der Waals surface area contributed by atoms with E-state index < -0.39 is 0 Å². The molecule has 18 heavy (non-hydrogen) atoms. The van der Waals surface area contributed by atoms with Crippen LogP contribution < -0.4 is 5.32 Å². The van der Waals surface area contributed by atoms with Crippen molar-refractivity contribution in [2.45, 2.75) is 13.0 Å². The predicted octanol–water partition coefficient (Wildman–Crippen LogP) is 3.23. The molecule has 0 aliphatic heterocycles. The molecule has 0 saturated carbocycles. The summed E-state index contributed by atoms with van der Waals surface area (Å²) in [6, 6.07) is 10.7. The van der Waals surface area contributed by atoms with Gasteiger partial charge in [-0.2, -0.15) is 0 Å². The molecule has 3 nitrogen and oxygen atoms in total. The number of aromatic nitrogens is 1. The molecule has 1 amide bonds. The second-order valence-electron chi connectivity index (χ2n) is 3.95. The first-order valence-corrected chi connectivity index (χ1v) is 6.01. The molecule has 1 heterocycles. The summed E-state index contributed by atoms with van der Waals surface area (Å²) < 4.78 is 0. The lowest BCUT2D eigenvalue weighted by atomic mass is 10.1. The minimum atomic E-state index is -0.139. The largest absolute Gasteiger partial charge is 0.345 e. The fraction of sp³-hybridized carbons (Fsp3) is 0.143. The fourth-order valence-electron chi connectivity index (χ4n) is 1.69. The summed E-state index contributed by atoms with van der Waals surface area (Å²) in [6.45, 7) is 1.90. The van der Waals surface area contributed by atoms with E-state index in [1.54, 1.807) is 24.5 Å². The third-order valence-corrected chi connectivity index (χ3v) is 3.01. The Labute approximate surface area is 111 Å². The zero-order chi connectivity index (χ0) is 13.0. The van der Waals surface area contributed by atoms with E-state index in [0.29, 0.717) is 10.6 Å². The third kappa shape index (κ3) is 2.87. The molecular weight excluding hydrogens is 248 g/mol. The topological polar surface area (TPSA) is 42.0 Å². The van der Waals surface area contributed by atoms with Gasteiger partial charge in [0.25, 0.3) is 5.91 Å². The van der Waals surface area contributed by atoms with E-state index in [2.05, 4.69) is 10.3 Å². The maximum absolute atomic E-state index is 12.0. The molecule has 0 unspecified atom stereocenters. The molecule has 0 saturated heterocycles. The summed E-state index contributed by atoms with van der Waals surface area (Å²) >= 11 is 6.09. The Balaban J connectivity index is 2.11. The van der Waals surface area contributed by atoms with Crippen LogP contribution in [0.15, 0.2) is 48.8 Å². The Bertz CT molecular complexity index is 543. The SMILES string of the molecule is C[C@@H](NC(=O)c1ccncc1)c1ccccc1Cl. The number of pyridine rings is 1. The molecule has 0 aliphatic carbocycles. The van der Waals surface area contributed by atoms with Gasteiger partial charge in [0.05, 0.1) is 6.04 Å². The highest BCUT2D eigenvalue weighted by Crippen LogP contribution is 2.22. The first kappa shape index (κ1) is 12.6. The first-order valence-electron chi connectivity index (χ1n) is 5.64. The monoisotopic (exact) mass is 260 g/mol. The van der Waals surface area contributed by atoms with Gasteiger partial charge in [0.15, 0.2) is 0 Å². The average molecular weight is 261 g/mol. The number of benzene rings is 1. The number of amides is 1. The van der Waals surface area contributed by atoms with Gasteiger partial charge in [-0.1, -0.05) is 29.8 Å². The summed E-state index contributed by atoms with van der Waals surface area (Å²) in [5, 5.41) is 3.55. The Morgan fingerprint density at radius 3 is 2.56 bits per heavy atom. The number of nitrogens with zero attached hydrogens (tertiary/aromatic N) is 1. The lowest BCUT2D eigenvalue weighted by Gasteiger charge is -2.15. The fourth-order valence-corrected chi connectivity index (χ4v) is 1.99. The number of carbonyl (C=O) groups is 1. The van der Waals surface area contributed by atoms with Crippen molar-refractivity contribution in [2.75, 3.05) is 0 Å². The zero-order valence-electron chi connectivity index (χ0n) is 9.93. The Morgan fingerprint density at radius 1 is 1.22 bits per heavy atom. The van der Waals surface area contributed by atoms with Crippen molar-refractivity contribution in [1.29, 1.82) is 0 Å². The molecule has 4 heteroatoms. The molecule has 0 radical (unpaired) electrons. The van der Waals surface area contributed by atoms with Crippen molar-refractivity contribution in [3.63, 3.8) is 0 Å². The molecule has 0 spiro atoms. The zero-order valence-corrected chi connectivity index (χ0v) is 10.7. The van der Waals surface area contributed by atoms with Gasteiger partial charge >= 0.3 is 0 Å². The van der Waals surface area contributed by atoms with Gasteiger partial charge in [-0.25, -0.2) is 0 Å². The summed E-state index contributed by atoms with van der Waals surface area (Å²) in [4.78, 5) is 15.8. The molecule has 2 rings (SSSR count). The van der Waals surface area contributed by atoms with Crippen LogP contribution in [0.2, 0.25) is 5.02 Å². The van der Waals surface area contributed by atoms with Crippen LogP contribution in [0.5, 0.6) is 0 Å². The molecule has 1 aromatic heterocycles. The molecule has 0 bridgehead atoms. The Morgan fingerprint density at radius 2 is 1.89 bits per heavy atom. The van der Waals surface area contributed by atoms with Crippen LogP contribution in [0.3, 0.4) is 0 Å². The van der Waals surface area contributed by atoms with Gasteiger partial charge in [0.1, 0.15) is 0 Å². The lowest BCUT2D eigenvalue weighted by molar-refractivity contribution is 0.0940. The van der Waals surface area contributed by atoms with Crippen molar-refractivity contribution in [3.8, 4) is 0 Å².